The van der Waals surface area contributed by atoms with Gasteiger partial charge in [0.15, 0.2) is 0 Å². The molecule has 2 heterocycles. The molecule has 2 N–H and O–H groups in total. The normalized spacial score (nSPS) is 19.7. The molecule has 0 saturated carbocycles. The molecule has 1 unspecified atom stereocenters. The number of benzene rings is 1. The molecule has 1 saturated heterocycles. The van der Waals surface area contributed by atoms with Crippen LogP contribution in [0.5, 0.6) is 0 Å². The van der Waals surface area contributed by atoms with Crippen molar-refractivity contribution in [1.82, 2.24) is 9.97 Å². The molecule has 1 atom stereocenters. The van der Waals surface area contributed by atoms with E-state index < -0.39 is 0 Å². The van der Waals surface area contributed by atoms with E-state index in [9.17, 15) is 0 Å². The Hall–Kier alpha value is -1.68. The van der Waals surface area contributed by atoms with E-state index in [1.165, 1.54) is 12.1 Å². The monoisotopic (exact) mass is 242 g/mol. The smallest absolute Gasteiger partial charge is 0.125 e. The number of aromatic nitrogens is 2. The molecule has 1 aliphatic rings. The molecule has 0 spiro atoms. The summed E-state index contributed by atoms with van der Waals surface area (Å²) in [7, 11) is 0. The molecular weight excluding hydrogens is 224 g/mol. The highest BCUT2D eigenvalue weighted by atomic mass is 15.2. The highest BCUT2D eigenvalue weighted by Crippen LogP contribution is 2.29. The predicted molar refractivity (Wildman–Crippen MR) is 73.6 cm³/mol. The van der Waals surface area contributed by atoms with Gasteiger partial charge in [-0.2, -0.15) is 0 Å². The summed E-state index contributed by atoms with van der Waals surface area (Å²) < 4.78 is 0. The van der Waals surface area contributed by atoms with E-state index in [1.54, 1.807) is 0 Å². The Morgan fingerprint density at radius 3 is 3.11 bits per heavy atom. The lowest BCUT2D eigenvalue weighted by molar-refractivity contribution is 0.603. The minimum atomic E-state index is 0.617. The second-order valence-corrected chi connectivity index (χ2v) is 4.96. The molecule has 1 aromatic carbocycles. The minimum Gasteiger partial charge on any atom is -0.371 e. The van der Waals surface area contributed by atoms with E-state index in [0.717, 1.165) is 36.4 Å². The maximum Gasteiger partial charge on any atom is 0.125 e. The van der Waals surface area contributed by atoms with Gasteiger partial charge in [0.25, 0.3) is 0 Å². The van der Waals surface area contributed by atoms with Crippen molar-refractivity contribution in [3.05, 3.63) is 30.2 Å². The van der Waals surface area contributed by atoms with Crippen molar-refractivity contribution in [3.63, 3.8) is 0 Å². The van der Waals surface area contributed by atoms with E-state index in [4.69, 9.17) is 5.73 Å². The van der Waals surface area contributed by atoms with Gasteiger partial charge in [0.1, 0.15) is 5.82 Å². The number of anilines is 1. The molecule has 18 heavy (non-hydrogen) atoms. The van der Waals surface area contributed by atoms with Crippen molar-refractivity contribution in [3.8, 4) is 0 Å². The van der Waals surface area contributed by atoms with Crippen LogP contribution in [0.25, 0.3) is 10.9 Å². The quantitative estimate of drug-likeness (QED) is 0.871. The summed E-state index contributed by atoms with van der Waals surface area (Å²) in [5, 5.41) is 1.14. The summed E-state index contributed by atoms with van der Waals surface area (Å²) in [6, 6.07) is 6.27. The first-order valence-electron chi connectivity index (χ1n) is 6.45. The summed E-state index contributed by atoms with van der Waals surface area (Å²) in [5.41, 5.74) is 8.02. The zero-order chi connectivity index (χ0) is 12.5. The van der Waals surface area contributed by atoms with Crippen LogP contribution in [0.4, 0.5) is 5.69 Å². The van der Waals surface area contributed by atoms with Crippen LogP contribution in [-0.2, 0) is 0 Å². The second kappa shape index (κ2) is 4.53. The SMILES string of the molecule is Cc1ncc2c(N3CCC(CN)C3)cccc2n1. The van der Waals surface area contributed by atoms with Crippen molar-refractivity contribution >= 4 is 16.6 Å². The van der Waals surface area contributed by atoms with Crippen LogP contribution in [0.3, 0.4) is 0 Å². The van der Waals surface area contributed by atoms with E-state index in [-0.39, 0.29) is 0 Å². The number of rotatable bonds is 2. The molecule has 1 aromatic heterocycles. The molecule has 3 rings (SSSR count). The van der Waals surface area contributed by atoms with Gasteiger partial charge in [-0.15, -0.1) is 0 Å². The van der Waals surface area contributed by atoms with Gasteiger partial charge in [-0.05, 0) is 37.9 Å². The Balaban J connectivity index is 2.02. The van der Waals surface area contributed by atoms with E-state index in [2.05, 4.69) is 27.0 Å². The van der Waals surface area contributed by atoms with Crippen molar-refractivity contribution in [2.75, 3.05) is 24.5 Å². The number of nitrogens with two attached hydrogens (primary N) is 1. The third kappa shape index (κ3) is 1.93. The Morgan fingerprint density at radius 2 is 2.33 bits per heavy atom. The standard InChI is InChI=1S/C14H18N4/c1-10-16-8-12-13(17-10)3-2-4-14(12)18-6-5-11(7-15)9-18/h2-4,8,11H,5-7,9,15H2,1H3. The number of fused-ring (bicyclic) bond motifs is 1. The third-order valence-corrected chi connectivity index (χ3v) is 3.68. The van der Waals surface area contributed by atoms with Gasteiger partial charge in [-0.25, -0.2) is 9.97 Å². The van der Waals surface area contributed by atoms with E-state index in [0.29, 0.717) is 5.92 Å². The van der Waals surface area contributed by atoms with Crippen LogP contribution in [-0.4, -0.2) is 29.6 Å². The third-order valence-electron chi connectivity index (χ3n) is 3.68. The van der Waals surface area contributed by atoms with Gasteiger partial charge >= 0.3 is 0 Å². The Labute approximate surface area is 107 Å². The van der Waals surface area contributed by atoms with Crippen LogP contribution in [0.1, 0.15) is 12.2 Å². The lowest BCUT2D eigenvalue weighted by atomic mass is 10.1. The fourth-order valence-corrected chi connectivity index (χ4v) is 2.65. The van der Waals surface area contributed by atoms with Gasteiger partial charge in [0.2, 0.25) is 0 Å². The Bertz CT molecular complexity index is 567. The fourth-order valence-electron chi connectivity index (χ4n) is 2.65. The van der Waals surface area contributed by atoms with Crippen LogP contribution >= 0.6 is 0 Å². The largest absolute Gasteiger partial charge is 0.371 e. The first-order valence-corrected chi connectivity index (χ1v) is 6.45. The van der Waals surface area contributed by atoms with Crippen LogP contribution in [0, 0.1) is 12.8 Å². The average Bonchev–Trinajstić information content (AvgIpc) is 2.86. The first-order chi connectivity index (χ1) is 8.78. The predicted octanol–water partition coefficient (Wildman–Crippen LogP) is 1.72. The van der Waals surface area contributed by atoms with Crippen molar-refractivity contribution < 1.29 is 0 Å². The second-order valence-electron chi connectivity index (χ2n) is 4.96. The molecule has 1 fully saturated rings. The van der Waals surface area contributed by atoms with Gasteiger partial charge < -0.3 is 10.6 Å². The topological polar surface area (TPSA) is 55.0 Å². The zero-order valence-electron chi connectivity index (χ0n) is 10.6. The highest BCUT2D eigenvalue weighted by Gasteiger charge is 2.22. The molecular formula is C14H18N4. The zero-order valence-corrected chi connectivity index (χ0v) is 10.6. The van der Waals surface area contributed by atoms with Crippen molar-refractivity contribution in [2.45, 2.75) is 13.3 Å². The van der Waals surface area contributed by atoms with Gasteiger partial charge in [-0.1, -0.05) is 6.07 Å². The van der Waals surface area contributed by atoms with Crippen LogP contribution in [0.2, 0.25) is 0 Å². The van der Waals surface area contributed by atoms with Gasteiger partial charge in [0, 0.05) is 30.4 Å². The summed E-state index contributed by atoms with van der Waals surface area (Å²) in [4.78, 5) is 11.2. The van der Waals surface area contributed by atoms with E-state index in [1.807, 2.05) is 19.2 Å². The molecule has 4 nitrogen and oxygen atoms in total. The van der Waals surface area contributed by atoms with Crippen molar-refractivity contribution in [2.24, 2.45) is 11.7 Å². The number of nitrogens with zero attached hydrogens (tertiary/aromatic N) is 3. The average molecular weight is 242 g/mol. The van der Waals surface area contributed by atoms with Crippen molar-refractivity contribution in [1.29, 1.82) is 0 Å². The molecule has 94 valence electrons. The summed E-state index contributed by atoms with van der Waals surface area (Å²) in [6.07, 6.45) is 3.11. The molecule has 2 aromatic rings. The maximum atomic E-state index is 5.76. The number of hydrogen-bond donors (Lipinski definition) is 1. The van der Waals surface area contributed by atoms with Gasteiger partial charge in [0.05, 0.1) is 5.52 Å². The van der Waals surface area contributed by atoms with E-state index >= 15 is 0 Å². The minimum absolute atomic E-state index is 0.617. The Kier molecular flexibility index (Phi) is 2.88. The number of aryl methyl sites for hydroxylation is 1. The summed E-state index contributed by atoms with van der Waals surface area (Å²) in [5.74, 6) is 1.44. The van der Waals surface area contributed by atoms with Crippen LogP contribution < -0.4 is 10.6 Å². The first kappa shape index (κ1) is 11.4. The molecule has 0 amide bonds. The molecule has 0 radical (unpaired) electrons. The fraction of sp³-hybridized carbons (Fsp3) is 0.429. The lowest BCUT2D eigenvalue weighted by Crippen LogP contribution is -2.22. The lowest BCUT2D eigenvalue weighted by Gasteiger charge is -2.20. The summed E-state index contributed by atoms with van der Waals surface area (Å²) in [6.45, 7) is 4.82. The van der Waals surface area contributed by atoms with Gasteiger partial charge in [-0.3, -0.25) is 0 Å². The Morgan fingerprint density at radius 1 is 1.44 bits per heavy atom. The molecule has 0 aliphatic carbocycles. The number of hydrogen-bond acceptors (Lipinski definition) is 4. The molecule has 1 aliphatic heterocycles. The molecule has 4 heteroatoms. The summed E-state index contributed by atoms with van der Waals surface area (Å²) >= 11 is 0. The molecule has 0 bridgehead atoms. The van der Waals surface area contributed by atoms with Crippen LogP contribution in [0.15, 0.2) is 24.4 Å². The highest BCUT2D eigenvalue weighted by molar-refractivity contribution is 5.91. The maximum absolute atomic E-state index is 5.76.